The Labute approximate surface area is 107 Å². The third kappa shape index (κ3) is 4.38. The predicted molar refractivity (Wildman–Crippen MR) is 69.7 cm³/mol. The Bertz CT molecular complexity index is 322. The average Bonchev–Trinajstić information content (AvgIpc) is 2.84. The van der Waals surface area contributed by atoms with Gasteiger partial charge in [-0.25, -0.2) is 0 Å². The number of H-pyrrole nitrogens is 1. The van der Waals surface area contributed by atoms with Crippen LogP contribution in [-0.4, -0.2) is 55.1 Å². The standard InChI is InChI=1S/C11H18N4O.ClH/c16-11(10-2-1-3-13-10)14-6-9-15-7-4-12-5-8-15;/h1-3,12-13H,4-9H2,(H,14,16);1H. The van der Waals surface area contributed by atoms with E-state index in [9.17, 15) is 4.79 Å². The van der Waals surface area contributed by atoms with Crippen molar-refractivity contribution >= 4 is 18.3 Å². The van der Waals surface area contributed by atoms with Gasteiger partial charge in [-0.15, -0.1) is 12.4 Å². The average molecular weight is 259 g/mol. The Morgan fingerprint density at radius 1 is 1.41 bits per heavy atom. The van der Waals surface area contributed by atoms with E-state index < -0.39 is 0 Å². The summed E-state index contributed by atoms with van der Waals surface area (Å²) in [5.74, 6) is -0.0277. The molecule has 0 bridgehead atoms. The quantitative estimate of drug-likeness (QED) is 0.717. The van der Waals surface area contributed by atoms with Gasteiger partial charge in [-0.3, -0.25) is 9.69 Å². The molecule has 0 radical (unpaired) electrons. The van der Waals surface area contributed by atoms with Crippen LogP contribution in [0.25, 0.3) is 0 Å². The summed E-state index contributed by atoms with van der Waals surface area (Å²) in [4.78, 5) is 16.8. The molecule has 1 saturated heterocycles. The van der Waals surface area contributed by atoms with Crippen molar-refractivity contribution in [2.75, 3.05) is 39.3 Å². The van der Waals surface area contributed by atoms with Gasteiger partial charge in [0.2, 0.25) is 0 Å². The molecule has 5 nitrogen and oxygen atoms in total. The first-order chi connectivity index (χ1) is 7.86. The molecule has 1 fully saturated rings. The van der Waals surface area contributed by atoms with Crippen molar-refractivity contribution in [2.24, 2.45) is 0 Å². The van der Waals surface area contributed by atoms with E-state index in [-0.39, 0.29) is 18.3 Å². The first-order valence-corrected chi connectivity index (χ1v) is 5.71. The fourth-order valence-electron chi connectivity index (χ4n) is 1.83. The highest BCUT2D eigenvalue weighted by molar-refractivity contribution is 5.92. The van der Waals surface area contributed by atoms with Crippen molar-refractivity contribution in [3.8, 4) is 0 Å². The summed E-state index contributed by atoms with van der Waals surface area (Å²) >= 11 is 0. The zero-order valence-corrected chi connectivity index (χ0v) is 10.6. The summed E-state index contributed by atoms with van der Waals surface area (Å²) in [6.07, 6.45) is 1.76. The Morgan fingerprint density at radius 2 is 2.18 bits per heavy atom. The van der Waals surface area contributed by atoms with Crippen molar-refractivity contribution in [2.45, 2.75) is 0 Å². The van der Waals surface area contributed by atoms with E-state index in [4.69, 9.17) is 0 Å². The molecular weight excluding hydrogens is 240 g/mol. The number of nitrogens with one attached hydrogen (secondary N) is 3. The maximum atomic E-state index is 11.6. The Morgan fingerprint density at radius 3 is 2.82 bits per heavy atom. The largest absolute Gasteiger partial charge is 0.357 e. The molecule has 6 heteroatoms. The number of carbonyl (C=O) groups is 1. The van der Waals surface area contributed by atoms with E-state index in [0.29, 0.717) is 12.2 Å². The summed E-state index contributed by atoms with van der Waals surface area (Å²) in [7, 11) is 0. The van der Waals surface area contributed by atoms with Crippen molar-refractivity contribution in [1.29, 1.82) is 0 Å². The van der Waals surface area contributed by atoms with Crippen LogP contribution in [0.4, 0.5) is 0 Å². The summed E-state index contributed by atoms with van der Waals surface area (Å²) in [5, 5.41) is 6.20. The Balaban J connectivity index is 0.00000144. The van der Waals surface area contributed by atoms with Crippen molar-refractivity contribution < 1.29 is 4.79 Å². The molecule has 0 spiro atoms. The summed E-state index contributed by atoms with van der Waals surface area (Å²) in [5.41, 5.74) is 0.625. The molecule has 1 aromatic rings. The lowest BCUT2D eigenvalue weighted by atomic mass is 10.3. The molecule has 0 unspecified atom stereocenters. The van der Waals surface area contributed by atoms with Crippen LogP contribution in [0.3, 0.4) is 0 Å². The number of hydrogen-bond acceptors (Lipinski definition) is 3. The Hall–Kier alpha value is -1.04. The van der Waals surface area contributed by atoms with Gasteiger partial charge in [0.25, 0.3) is 5.91 Å². The van der Waals surface area contributed by atoms with Gasteiger partial charge < -0.3 is 15.6 Å². The maximum Gasteiger partial charge on any atom is 0.267 e. The summed E-state index contributed by atoms with van der Waals surface area (Å²) < 4.78 is 0. The van der Waals surface area contributed by atoms with Gasteiger partial charge in [-0.2, -0.15) is 0 Å². The van der Waals surface area contributed by atoms with E-state index in [1.54, 1.807) is 12.3 Å². The van der Waals surface area contributed by atoms with Crippen LogP contribution in [0.2, 0.25) is 0 Å². The molecule has 1 aromatic heterocycles. The molecule has 96 valence electrons. The number of aromatic amines is 1. The monoisotopic (exact) mass is 258 g/mol. The van der Waals surface area contributed by atoms with Crippen LogP contribution in [0.1, 0.15) is 10.5 Å². The Kier molecular flexibility index (Phi) is 6.04. The van der Waals surface area contributed by atoms with Crippen LogP contribution in [-0.2, 0) is 0 Å². The van der Waals surface area contributed by atoms with Crippen LogP contribution < -0.4 is 10.6 Å². The number of hydrogen-bond donors (Lipinski definition) is 3. The van der Waals surface area contributed by atoms with Gasteiger partial charge in [0, 0.05) is 45.5 Å². The van der Waals surface area contributed by atoms with Gasteiger partial charge in [-0.1, -0.05) is 0 Å². The topological polar surface area (TPSA) is 60.2 Å². The molecule has 0 saturated carbocycles. The third-order valence-electron chi connectivity index (χ3n) is 2.77. The molecular formula is C11H19ClN4O. The lowest BCUT2D eigenvalue weighted by molar-refractivity contribution is 0.0943. The normalized spacial score (nSPS) is 16.2. The minimum Gasteiger partial charge on any atom is -0.357 e. The van der Waals surface area contributed by atoms with Crippen molar-refractivity contribution in [3.05, 3.63) is 24.0 Å². The van der Waals surface area contributed by atoms with Gasteiger partial charge in [0.05, 0.1) is 0 Å². The predicted octanol–water partition coefficient (Wildman–Crippen LogP) is 0.0715. The number of carbonyl (C=O) groups excluding carboxylic acids is 1. The van der Waals surface area contributed by atoms with Crippen LogP contribution in [0.15, 0.2) is 18.3 Å². The van der Waals surface area contributed by atoms with Gasteiger partial charge >= 0.3 is 0 Å². The minimum atomic E-state index is -0.0277. The number of aromatic nitrogens is 1. The molecule has 2 rings (SSSR count). The third-order valence-corrected chi connectivity index (χ3v) is 2.77. The minimum absolute atomic E-state index is 0. The van der Waals surface area contributed by atoms with Crippen LogP contribution in [0, 0.1) is 0 Å². The first-order valence-electron chi connectivity index (χ1n) is 5.71. The van der Waals surface area contributed by atoms with E-state index >= 15 is 0 Å². The van der Waals surface area contributed by atoms with Gasteiger partial charge in [-0.05, 0) is 12.1 Å². The molecule has 0 aliphatic carbocycles. The van der Waals surface area contributed by atoms with Gasteiger partial charge in [0.1, 0.15) is 5.69 Å². The maximum absolute atomic E-state index is 11.6. The summed E-state index contributed by atoms with van der Waals surface area (Å²) in [6.45, 7) is 5.86. The highest BCUT2D eigenvalue weighted by Crippen LogP contribution is 1.94. The summed E-state index contributed by atoms with van der Waals surface area (Å²) in [6, 6.07) is 3.60. The molecule has 1 aliphatic rings. The fraction of sp³-hybridized carbons (Fsp3) is 0.545. The second-order valence-corrected chi connectivity index (χ2v) is 3.93. The number of halogens is 1. The van der Waals surface area contributed by atoms with Crippen molar-refractivity contribution in [3.63, 3.8) is 0 Å². The molecule has 3 N–H and O–H groups in total. The molecule has 1 amide bonds. The molecule has 1 aliphatic heterocycles. The number of amides is 1. The highest BCUT2D eigenvalue weighted by atomic mass is 35.5. The van der Waals surface area contributed by atoms with E-state index in [1.807, 2.05) is 6.07 Å². The van der Waals surface area contributed by atoms with Crippen molar-refractivity contribution in [1.82, 2.24) is 20.5 Å². The first kappa shape index (κ1) is 14.0. The number of piperazine rings is 1. The van der Waals surface area contributed by atoms with Crippen LogP contribution >= 0.6 is 12.4 Å². The molecule has 0 aromatic carbocycles. The SMILES string of the molecule is Cl.O=C(NCCN1CCNCC1)c1ccc[nH]1. The zero-order valence-electron chi connectivity index (χ0n) is 9.74. The lowest BCUT2D eigenvalue weighted by Crippen LogP contribution is -2.46. The molecule has 17 heavy (non-hydrogen) atoms. The second kappa shape index (κ2) is 7.32. The molecule has 2 heterocycles. The molecule has 0 atom stereocenters. The number of nitrogens with zero attached hydrogens (tertiary/aromatic N) is 1. The van der Waals surface area contributed by atoms with Gasteiger partial charge in [0.15, 0.2) is 0 Å². The fourth-order valence-corrected chi connectivity index (χ4v) is 1.83. The lowest BCUT2D eigenvalue weighted by Gasteiger charge is -2.26. The second-order valence-electron chi connectivity index (χ2n) is 3.93. The number of rotatable bonds is 4. The van der Waals surface area contributed by atoms with E-state index in [0.717, 1.165) is 32.7 Å². The highest BCUT2D eigenvalue weighted by Gasteiger charge is 2.10. The smallest absolute Gasteiger partial charge is 0.267 e. The van der Waals surface area contributed by atoms with E-state index in [1.165, 1.54) is 0 Å². The van der Waals surface area contributed by atoms with Crippen LogP contribution in [0.5, 0.6) is 0 Å². The van der Waals surface area contributed by atoms with E-state index in [2.05, 4.69) is 20.5 Å². The zero-order chi connectivity index (χ0) is 11.2.